The second kappa shape index (κ2) is 6.67. The van der Waals surface area contributed by atoms with E-state index in [4.69, 9.17) is 9.15 Å². The summed E-state index contributed by atoms with van der Waals surface area (Å²) in [4.78, 5) is 25.0. The Labute approximate surface area is 150 Å². The second-order valence-electron chi connectivity index (χ2n) is 6.55. The maximum atomic E-state index is 12.8. The maximum Gasteiger partial charge on any atom is 0.349 e. The molecule has 1 atom stereocenters. The quantitative estimate of drug-likeness (QED) is 0.714. The molecule has 0 radical (unpaired) electrons. The van der Waals surface area contributed by atoms with Crippen LogP contribution in [-0.2, 0) is 0 Å². The van der Waals surface area contributed by atoms with Crippen molar-refractivity contribution in [3.8, 4) is 5.75 Å². The van der Waals surface area contributed by atoms with E-state index in [2.05, 4.69) is 5.32 Å². The Balaban J connectivity index is 1.62. The lowest BCUT2D eigenvalue weighted by Crippen LogP contribution is -2.33. The second-order valence-corrected chi connectivity index (χ2v) is 6.55. The summed E-state index contributed by atoms with van der Waals surface area (Å²) < 4.78 is 10.5. The predicted octanol–water partition coefficient (Wildman–Crippen LogP) is 3.68. The number of benzene rings is 2. The number of fused-ring (bicyclic) bond motifs is 1. The molecule has 1 fully saturated rings. The van der Waals surface area contributed by atoms with Crippen molar-refractivity contribution in [2.24, 2.45) is 5.92 Å². The Morgan fingerprint density at radius 3 is 2.58 bits per heavy atom. The number of nitrogens with one attached hydrogen (secondary N) is 1. The summed E-state index contributed by atoms with van der Waals surface area (Å²) in [5.74, 6) is 0.752. The fourth-order valence-corrected chi connectivity index (χ4v) is 3.15. The van der Waals surface area contributed by atoms with Crippen molar-refractivity contribution < 1.29 is 13.9 Å². The number of hydrogen-bond donors (Lipinski definition) is 1. The van der Waals surface area contributed by atoms with Crippen molar-refractivity contribution in [1.82, 2.24) is 5.32 Å². The van der Waals surface area contributed by atoms with Gasteiger partial charge < -0.3 is 14.5 Å². The molecule has 132 valence electrons. The minimum atomic E-state index is -0.620. The van der Waals surface area contributed by atoms with Gasteiger partial charge in [0, 0.05) is 5.39 Å². The molecule has 4 rings (SSSR count). The fraction of sp³-hybridized carbons (Fsp3) is 0.238. The van der Waals surface area contributed by atoms with Gasteiger partial charge in [0.2, 0.25) is 0 Å². The van der Waals surface area contributed by atoms with Crippen molar-refractivity contribution in [3.05, 3.63) is 76.1 Å². The van der Waals surface area contributed by atoms with Gasteiger partial charge in [0.05, 0.1) is 13.2 Å². The van der Waals surface area contributed by atoms with E-state index in [1.54, 1.807) is 25.3 Å². The molecule has 1 aliphatic rings. The largest absolute Gasteiger partial charge is 0.497 e. The Morgan fingerprint density at radius 1 is 1.15 bits per heavy atom. The fourth-order valence-electron chi connectivity index (χ4n) is 3.15. The van der Waals surface area contributed by atoms with Crippen LogP contribution in [0.25, 0.3) is 11.0 Å². The van der Waals surface area contributed by atoms with E-state index in [9.17, 15) is 9.59 Å². The van der Waals surface area contributed by atoms with Crippen molar-refractivity contribution in [2.45, 2.75) is 18.9 Å². The zero-order valence-electron chi connectivity index (χ0n) is 14.4. The summed E-state index contributed by atoms with van der Waals surface area (Å²) in [6.45, 7) is 0. The summed E-state index contributed by atoms with van der Waals surface area (Å²) in [6.07, 6.45) is 2.12. The van der Waals surface area contributed by atoms with E-state index in [1.807, 2.05) is 36.4 Å². The predicted molar refractivity (Wildman–Crippen MR) is 98.4 cm³/mol. The van der Waals surface area contributed by atoms with Crippen LogP contribution in [0.5, 0.6) is 5.75 Å². The molecule has 1 amide bonds. The van der Waals surface area contributed by atoms with E-state index in [-0.39, 0.29) is 11.6 Å². The minimum absolute atomic E-state index is 0.0304. The first-order valence-corrected chi connectivity index (χ1v) is 8.63. The zero-order valence-corrected chi connectivity index (χ0v) is 14.4. The molecule has 1 N–H and O–H groups in total. The highest BCUT2D eigenvalue weighted by Gasteiger charge is 2.34. The molecule has 0 aliphatic heterocycles. The van der Waals surface area contributed by atoms with E-state index >= 15 is 0 Å². The lowest BCUT2D eigenvalue weighted by molar-refractivity contribution is 0.0928. The molecular formula is C21H19NO4. The molecule has 0 saturated heterocycles. The number of amides is 1. The maximum absolute atomic E-state index is 12.8. The van der Waals surface area contributed by atoms with Gasteiger partial charge in [-0.1, -0.05) is 30.3 Å². The highest BCUT2D eigenvalue weighted by Crippen LogP contribution is 2.41. The number of carbonyl (C=O) groups is 1. The van der Waals surface area contributed by atoms with E-state index in [0.29, 0.717) is 11.5 Å². The lowest BCUT2D eigenvalue weighted by Gasteiger charge is -2.19. The average Bonchev–Trinajstić information content (AvgIpc) is 3.50. The first-order valence-electron chi connectivity index (χ1n) is 8.63. The normalized spacial score (nSPS) is 14.8. The van der Waals surface area contributed by atoms with Crippen LogP contribution in [-0.4, -0.2) is 13.0 Å². The summed E-state index contributed by atoms with van der Waals surface area (Å²) in [7, 11) is 1.62. The van der Waals surface area contributed by atoms with E-state index < -0.39 is 11.5 Å². The number of rotatable bonds is 5. The number of para-hydroxylation sites is 1. The molecule has 26 heavy (non-hydrogen) atoms. The number of methoxy groups -OCH3 is 1. The van der Waals surface area contributed by atoms with Crippen molar-refractivity contribution in [3.63, 3.8) is 0 Å². The molecule has 3 aromatic rings. The highest BCUT2D eigenvalue weighted by atomic mass is 16.5. The third-order valence-corrected chi connectivity index (χ3v) is 4.74. The van der Waals surface area contributed by atoms with Crippen LogP contribution in [0.4, 0.5) is 0 Å². The van der Waals surface area contributed by atoms with Crippen molar-refractivity contribution in [2.75, 3.05) is 7.11 Å². The molecule has 0 bridgehead atoms. The van der Waals surface area contributed by atoms with Crippen LogP contribution in [0, 0.1) is 5.92 Å². The Bertz CT molecular complexity index is 1000. The van der Waals surface area contributed by atoms with Crippen LogP contribution in [0.15, 0.2) is 63.8 Å². The molecule has 1 aromatic heterocycles. The van der Waals surface area contributed by atoms with Crippen LogP contribution in [0.1, 0.15) is 34.8 Å². The standard InChI is InChI=1S/C21H19NO4/c1-25-16-10-8-14(9-11-16)19(13-6-7-13)22-20(23)17-12-15-4-2-3-5-18(15)26-21(17)24/h2-5,8-13,19H,6-7H2,1H3,(H,22,23). The molecule has 1 unspecified atom stereocenters. The number of carbonyl (C=O) groups excluding carboxylic acids is 1. The first-order chi connectivity index (χ1) is 12.7. The van der Waals surface area contributed by atoms with Gasteiger partial charge in [-0.25, -0.2) is 4.79 Å². The highest BCUT2D eigenvalue weighted by molar-refractivity contribution is 5.96. The van der Waals surface area contributed by atoms with Gasteiger partial charge in [-0.15, -0.1) is 0 Å². The van der Waals surface area contributed by atoms with Crippen LogP contribution >= 0.6 is 0 Å². The molecule has 1 aliphatic carbocycles. The van der Waals surface area contributed by atoms with Gasteiger partial charge in [-0.3, -0.25) is 4.79 Å². The van der Waals surface area contributed by atoms with Crippen molar-refractivity contribution >= 4 is 16.9 Å². The van der Waals surface area contributed by atoms with Crippen LogP contribution in [0.2, 0.25) is 0 Å². The molecule has 1 saturated carbocycles. The van der Waals surface area contributed by atoms with E-state index in [1.165, 1.54) is 0 Å². The SMILES string of the molecule is COc1ccc(C(NC(=O)c2cc3ccccc3oc2=O)C2CC2)cc1. The molecule has 5 heteroatoms. The van der Waals surface area contributed by atoms with Gasteiger partial charge >= 0.3 is 5.63 Å². The van der Waals surface area contributed by atoms with Crippen molar-refractivity contribution in [1.29, 1.82) is 0 Å². The third-order valence-electron chi connectivity index (χ3n) is 4.74. The monoisotopic (exact) mass is 349 g/mol. The van der Waals surface area contributed by atoms with Gasteiger partial charge in [-0.2, -0.15) is 0 Å². The third kappa shape index (κ3) is 3.20. The Morgan fingerprint density at radius 2 is 1.88 bits per heavy atom. The minimum Gasteiger partial charge on any atom is -0.497 e. The first kappa shape index (κ1) is 16.4. The topological polar surface area (TPSA) is 68.5 Å². The molecule has 1 heterocycles. The summed E-state index contributed by atoms with van der Waals surface area (Å²) in [5.41, 5.74) is 0.892. The Hall–Kier alpha value is -3.08. The summed E-state index contributed by atoms with van der Waals surface area (Å²) in [6, 6.07) is 16.3. The van der Waals surface area contributed by atoms with Gasteiger partial charge in [0.1, 0.15) is 16.9 Å². The summed E-state index contributed by atoms with van der Waals surface area (Å²) in [5, 5.41) is 3.74. The number of hydrogen-bond acceptors (Lipinski definition) is 4. The molecule has 2 aromatic carbocycles. The van der Waals surface area contributed by atoms with E-state index in [0.717, 1.165) is 29.5 Å². The molecule has 5 nitrogen and oxygen atoms in total. The number of ether oxygens (including phenoxy) is 1. The smallest absolute Gasteiger partial charge is 0.349 e. The van der Waals surface area contributed by atoms with Gasteiger partial charge in [0.25, 0.3) is 5.91 Å². The molecular weight excluding hydrogens is 330 g/mol. The lowest BCUT2D eigenvalue weighted by atomic mass is 10.0. The Kier molecular flexibility index (Phi) is 4.21. The average molecular weight is 349 g/mol. The van der Waals surface area contributed by atoms with Gasteiger partial charge in [-0.05, 0) is 48.6 Å². The van der Waals surface area contributed by atoms with Gasteiger partial charge in [0.15, 0.2) is 0 Å². The summed E-state index contributed by atoms with van der Waals surface area (Å²) >= 11 is 0. The van der Waals surface area contributed by atoms with Crippen LogP contribution < -0.4 is 15.7 Å². The molecule has 0 spiro atoms. The zero-order chi connectivity index (χ0) is 18.1. The van der Waals surface area contributed by atoms with Crippen LogP contribution in [0.3, 0.4) is 0 Å².